The quantitative estimate of drug-likeness (QED) is 0.537. The van der Waals surface area contributed by atoms with Gasteiger partial charge in [-0.15, -0.1) is 0 Å². The molecular formula is C23H38N4O3. The number of carbonyl (C=O) groups excluding carboxylic acids is 1. The third kappa shape index (κ3) is 6.96. The van der Waals surface area contributed by atoms with E-state index in [1.54, 1.807) is 6.26 Å². The van der Waals surface area contributed by atoms with Crippen LogP contribution in [0.5, 0.6) is 0 Å². The molecule has 0 unspecified atom stereocenters. The van der Waals surface area contributed by atoms with Gasteiger partial charge in [-0.3, -0.25) is 4.99 Å². The summed E-state index contributed by atoms with van der Waals surface area (Å²) >= 11 is 0. The van der Waals surface area contributed by atoms with Gasteiger partial charge in [0, 0.05) is 45.2 Å². The maximum absolute atomic E-state index is 12.8. The largest absolute Gasteiger partial charge is 0.469 e. The SMILES string of the molecule is CCNC(=NCCc1ccco1)N1CCC(N(CC2CC2)C(=O)OC(C)(C)C)CC1. The van der Waals surface area contributed by atoms with Crippen LogP contribution < -0.4 is 5.32 Å². The second-order valence-corrected chi connectivity index (χ2v) is 9.36. The molecule has 1 aliphatic heterocycles. The predicted molar refractivity (Wildman–Crippen MR) is 119 cm³/mol. The molecule has 30 heavy (non-hydrogen) atoms. The fourth-order valence-electron chi connectivity index (χ4n) is 3.81. The van der Waals surface area contributed by atoms with Crippen LogP contribution >= 0.6 is 0 Å². The molecule has 168 valence electrons. The molecule has 7 heteroatoms. The Balaban J connectivity index is 1.56. The molecule has 2 fully saturated rings. The number of amides is 1. The summed E-state index contributed by atoms with van der Waals surface area (Å²) in [6.45, 7) is 12.0. The summed E-state index contributed by atoms with van der Waals surface area (Å²) in [4.78, 5) is 21.9. The lowest BCUT2D eigenvalue weighted by molar-refractivity contribution is 0.00928. The first-order chi connectivity index (χ1) is 14.4. The molecule has 0 spiro atoms. The molecule has 0 atom stereocenters. The molecule has 1 N–H and O–H groups in total. The summed E-state index contributed by atoms with van der Waals surface area (Å²) in [5.74, 6) is 2.56. The first-order valence-corrected chi connectivity index (χ1v) is 11.4. The van der Waals surface area contributed by atoms with E-state index in [1.165, 1.54) is 12.8 Å². The monoisotopic (exact) mass is 418 g/mol. The van der Waals surface area contributed by atoms with Gasteiger partial charge in [0.2, 0.25) is 0 Å². The van der Waals surface area contributed by atoms with Gasteiger partial charge in [0.1, 0.15) is 11.4 Å². The Morgan fingerprint density at radius 3 is 2.60 bits per heavy atom. The molecule has 1 aromatic rings. The van der Waals surface area contributed by atoms with Gasteiger partial charge in [-0.2, -0.15) is 0 Å². The highest BCUT2D eigenvalue weighted by Gasteiger charge is 2.35. The van der Waals surface area contributed by atoms with E-state index in [9.17, 15) is 4.79 Å². The van der Waals surface area contributed by atoms with Gasteiger partial charge in [-0.1, -0.05) is 0 Å². The minimum absolute atomic E-state index is 0.160. The van der Waals surface area contributed by atoms with Crippen molar-refractivity contribution in [3.8, 4) is 0 Å². The molecule has 7 nitrogen and oxygen atoms in total. The Bertz CT molecular complexity index is 684. The number of rotatable bonds is 7. The number of piperidine rings is 1. The minimum atomic E-state index is -0.460. The van der Waals surface area contributed by atoms with Crippen molar-refractivity contribution >= 4 is 12.1 Å². The third-order valence-electron chi connectivity index (χ3n) is 5.52. The Hall–Kier alpha value is -2.18. The van der Waals surface area contributed by atoms with Crippen molar-refractivity contribution in [3.63, 3.8) is 0 Å². The van der Waals surface area contributed by atoms with Crippen LogP contribution in [0.2, 0.25) is 0 Å². The van der Waals surface area contributed by atoms with Crippen LogP contribution in [0.4, 0.5) is 4.79 Å². The molecule has 2 aliphatic rings. The summed E-state index contributed by atoms with van der Waals surface area (Å²) < 4.78 is 11.1. The van der Waals surface area contributed by atoms with E-state index in [-0.39, 0.29) is 12.1 Å². The first kappa shape index (κ1) is 22.5. The summed E-state index contributed by atoms with van der Waals surface area (Å²) in [6, 6.07) is 4.13. The molecule has 1 saturated heterocycles. The second-order valence-electron chi connectivity index (χ2n) is 9.36. The Morgan fingerprint density at radius 1 is 1.30 bits per heavy atom. The second kappa shape index (κ2) is 10.2. The van der Waals surface area contributed by atoms with Crippen molar-refractivity contribution in [2.45, 2.75) is 71.4 Å². The molecule has 0 radical (unpaired) electrons. The molecule has 0 bridgehead atoms. The molecule has 0 aromatic carbocycles. The van der Waals surface area contributed by atoms with Gasteiger partial charge in [0.25, 0.3) is 0 Å². The number of likely N-dealkylation sites (tertiary alicyclic amines) is 1. The Kier molecular flexibility index (Phi) is 7.67. The highest BCUT2D eigenvalue weighted by Crippen LogP contribution is 2.32. The van der Waals surface area contributed by atoms with Gasteiger partial charge in [-0.25, -0.2) is 4.79 Å². The topological polar surface area (TPSA) is 70.3 Å². The summed E-state index contributed by atoms with van der Waals surface area (Å²) in [7, 11) is 0. The van der Waals surface area contributed by atoms with E-state index in [4.69, 9.17) is 14.1 Å². The smallest absolute Gasteiger partial charge is 0.410 e. The van der Waals surface area contributed by atoms with E-state index >= 15 is 0 Å². The van der Waals surface area contributed by atoms with Crippen molar-refractivity contribution < 1.29 is 13.9 Å². The van der Waals surface area contributed by atoms with Crippen molar-refractivity contribution in [2.75, 3.05) is 32.7 Å². The lowest BCUT2D eigenvalue weighted by atomic mass is 10.0. The number of furan rings is 1. The van der Waals surface area contributed by atoms with Crippen LogP contribution in [0.15, 0.2) is 27.8 Å². The third-order valence-corrected chi connectivity index (χ3v) is 5.52. The van der Waals surface area contributed by atoms with E-state index < -0.39 is 5.60 Å². The molecule has 1 aliphatic carbocycles. The van der Waals surface area contributed by atoms with Crippen molar-refractivity contribution in [1.29, 1.82) is 0 Å². The highest BCUT2D eigenvalue weighted by molar-refractivity contribution is 5.80. The molecule has 1 saturated carbocycles. The zero-order chi connectivity index (χ0) is 21.6. The van der Waals surface area contributed by atoms with Gasteiger partial charge in [0.05, 0.1) is 6.26 Å². The van der Waals surface area contributed by atoms with Crippen LogP contribution in [-0.2, 0) is 11.2 Å². The van der Waals surface area contributed by atoms with Crippen molar-refractivity contribution in [2.24, 2.45) is 10.9 Å². The van der Waals surface area contributed by atoms with Gasteiger partial charge in [0.15, 0.2) is 5.96 Å². The number of carbonyl (C=O) groups is 1. The van der Waals surface area contributed by atoms with E-state index in [0.29, 0.717) is 12.5 Å². The van der Waals surface area contributed by atoms with Gasteiger partial charge in [-0.05, 0) is 71.4 Å². The molecule has 2 heterocycles. The number of hydrogen-bond acceptors (Lipinski definition) is 4. The van der Waals surface area contributed by atoms with Crippen LogP contribution in [0.25, 0.3) is 0 Å². The van der Waals surface area contributed by atoms with Crippen LogP contribution in [0, 0.1) is 5.92 Å². The van der Waals surface area contributed by atoms with Crippen LogP contribution in [0.3, 0.4) is 0 Å². The molecule has 1 amide bonds. The number of aliphatic imine (C=N–C) groups is 1. The average molecular weight is 419 g/mol. The maximum Gasteiger partial charge on any atom is 0.410 e. The molecule has 1 aromatic heterocycles. The normalized spacial score (nSPS) is 18.4. The lowest BCUT2D eigenvalue weighted by Gasteiger charge is -2.40. The van der Waals surface area contributed by atoms with Crippen molar-refractivity contribution in [3.05, 3.63) is 24.2 Å². The van der Waals surface area contributed by atoms with Crippen molar-refractivity contribution in [1.82, 2.24) is 15.1 Å². The Labute approximate surface area is 180 Å². The van der Waals surface area contributed by atoms with E-state index in [0.717, 1.165) is 57.2 Å². The highest BCUT2D eigenvalue weighted by atomic mass is 16.6. The van der Waals surface area contributed by atoms with Crippen LogP contribution in [-0.4, -0.2) is 66.2 Å². The fourth-order valence-corrected chi connectivity index (χ4v) is 3.81. The number of hydrogen-bond donors (Lipinski definition) is 1. The number of nitrogens with one attached hydrogen (secondary N) is 1. The number of ether oxygens (including phenoxy) is 1. The molecular weight excluding hydrogens is 380 g/mol. The average Bonchev–Trinajstić information content (AvgIpc) is 3.37. The summed E-state index contributed by atoms with van der Waals surface area (Å²) in [5, 5.41) is 3.41. The van der Waals surface area contributed by atoms with Gasteiger partial charge < -0.3 is 24.3 Å². The standard InChI is InChI=1S/C23H38N4O3/c1-5-24-21(25-13-10-20-7-6-16-29-20)26-14-11-19(12-15-26)27(17-18-8-9-18)22(28)30-23(2,3)4/h6-7,16,18-19H,5,8-15,17H2,1-4H3,(H,24,25). The summed E-state index contributed by atoms with van der Waals surface area (Å²) in [6.07, 6.45) is 6.67. The van der Waals surface area contributed by atoms with E-state index in [2.05, 4.69) is 17.1 Å². The lowest BCUT2D eigenvalue weighted by Crippen LogP contribution is -2.52. The number of guanidine groups is 1. The van der Waals surface area contributed by atoms with E-state index in [1.807, 2.05) is 37.8 Å². The fraction of sp³-hybridized carbons (Fsp3) is 0.739. The minimum Gasteiger partial charge on any atom is -0.469 e. The number of nitrogens with zero attached hydrogens (tertiary/aromatic N) is 3. The maximum atomic E-state index is 12.8. The van der Waals surface area contributed by atoms with Crippen LogP contribution in [0.1, 0.15) is 59.1 Å². The Morgan fingerprint density at radius 2 is 2.03 bits per heavy atom. The first-order valence-electron chi connectivity index (χ1n) is 11.4. The predicted octanol–water partition coefficient (Wildman–Crippen LogP) is 3.90. The summed E-state index contributed by atoms with van der Waals surface area (Å²) in [5.41, 5.74) is -0.460. The zero-order valence-electron chi connectivity index (χ0n) is 19.0. The van der Waals surface area contributed by atoms with Gasteiger partial charge >= 0.3 is 6.09 Å². The zero-order valence-corrected chi connectivity index (χ0v) is 19.0. The molecule has 3 rings (SSSR count).